The maximum Gasteiger partial charge on any atom is 0.404 e. The Kier molecular flexibility index (Phi) is 6.84. The quantitative estimate of drug-likeness (QED) is 0.380. The fourth-order valence-electron chi connectivity index (χ4n) is 1.42. The molecule has 0 saturated carbocycles. The molecule has 1 atom stereocenters. The molecule has 0 aliphatic carbocycles. The lowest BCUT2D eigenvalue weighted by Gasteiger charge is -2.26. The first-order valence-corrected chi connectivity index (χ1v) is 5.97. The summed E-state index contributed by atoms with van der Waals surface area (Å²) in [6.45, 7) is 3.38. The highest BCUT2D eigenvalue weighted by Gasteiger charge is 2.30. The minimum Gasteiger partial charge on any atom is -0.465 e. The fourth-order valence-corrected chi connectivity index (χ4v) is 1.42. The summed E-state index contributed by atoms with van der Waals surface area (Å²) >= 11 is 0. The molecule has 0 aromatic rings. The molecule has 0 fully saturated rings. The lowest BCUT2D eigenvalue weighted by atomic mass is 10.0. The van der Waals surface area contributed by atoms with E-state index in [9.17, 15) is 14.4 Å². The van der Waals surface area contributed by atoms with Crippen molar-refractivity contribution in [2.75, 3.05) is 13.6 Å². The molecule has 0 aromatic heterocycles. The summed E-state index contributed by atoms with van der Waals surface area (Å²) < 4.78 is 0. The van der Waals surface area contributed by atoms with Gasteiger partial charge < -0.3 is 26.8 Å². The molecule has 0 aliphatic heterocycles. The van der Waals surface area contributed by atoms with Crippen LogP contribution < -0.4 is 21.7 Å². The summed E-state index contributed by atoms with van der Waals surface area (Å²) in [7, 11) is 1.48. The fraction of sp³-hybridized carbons (Fsp3) is 0.727. The van der Waals surface area contributed by atoms with Crippen LogP contribution in [0, 0.1) is 0 Å². The van der Waals surface area contributed by atoms with Crippen LogP contribution in [0.2, 0.25) is 0 Å². The largest absolute Gasteiger partial charge is 0.465 e. The van der Waals surface area contributed by atoms with E-state index in [-0.39, 0.29) is 12.5 Å². The predicted octanol–water partition coefficient (Wildman–Crippen LogP) is -0.998. The van der Waals surface area contributed by atoms with Crippen LogP contribution in [0.4, 0.5) is 4.79 Å². The van der Waals surface area contributed by atoms with Gasteiger partial charge in [0.15, 0.2) is 0 Å². The maximum absolute atomic E-state index is 11.8. The lowest BCUT2D eigenvalue weighted by molar-refractivity contribution is -0.132. The van der Waals surface area contributed by atoms with E-state index in [0.29, 0.717) is 12.8 Å². The van der Waals surface area contributed by atoms with Crippen molar-refractivity contribution >= 4 is 17.9 Å². The van der Waals surface area contributed by atoms with E-state index in [1.54, 1.807) is 13.8 Å². The molecule has 0 aliphatic rings. The number of rotatable bonds is 7. The van der Waals surface area contributed by atoms with Gasteiger partial charge in [-0.3, -0.25) is 9.59 Å². The lowest BCUT2D eigenvalue weighted by Crippen LogP contribution is -2.57. The number of hydrogen-bond donors (Lipinski definition) is 5. The standard InChI is InChI=1S/C11H22N4O4/c1-11(2,9(17)13-3)15-8(16)7(12)5-4-6-14-10(18)19/h7,14H,4-6,12H2,1-3H3,(H,13,17)(H,15,16)(H,18,19). The number of likely N-dealkylation sites (N-methyl/N-ethyl adjacent to an activating group) is 1. The van der Waals surface area contributed by atoms with Crippen molar-refractivity contribution in [1.29, 1.82) is 0 Å². The third-order valence-corrected chi connectivity index (χ3v) is 2.54. The number of hydrogen-bond acceptors (Lipinski definition) is 4. The highest BCUT2D eigenvalue weighted by Crippen LogP contribution is 2.03. The SMILES string of the molecule is CNC(=O)C(C)(C)NC(=O)C(N)CCCNC(=O)O. The molecule has 0 bridgehead atoms. The van der Waals surface area contributed by atoms with Gasteiger partial charge in [-0.25, -0.2) is 4.79 Å². The summed E-state index contributed by atoms with van der Waals surface area (Å²) in [6, 6.07) is -0.778. The molecular formula is C11H22N4O4. The van der Waals surface area contributed by atoms with Crippen molar-refractivity contribution < 1.29 is 19.5 Å². The van der Waals surface area contributed by atoms with Crippen LogP contribution in [0.3, 0.4) is 0 Å². The van der Waals surface area contributed by atoms with Crippen molar-refractivity contribution in [3.8, 4) is 0 Å². The number of nitrogens with two attached hydrogens (primary N) is 1. The van der Waals surface area contributed by atoms with Gasteiger partial charge in [0.1, 0.15) is 5.54 Å². The first-order valence-electron chi connectivity index (χ1n) is 5.97. The van der Waals surface area contributed by atoms with Gasteiger partial charge in [-0.1, -0.05) is 0 Å². The van der Waals surface area contributed by atoms with E-state index >= 15 is 0 Å². The monoisotopic (exact) mass is 274 g/mol. The van der Waals surface area contributed by atoms with E-state index < -0.39 is 23.6 Å². The molecular weight excluding hydrogens is 252 g/mol. The Hall–Kier alpha value is -1.83. The summed E-state index contributed by atoms with van der Waals surface area (Å²) in [6.07, 6.45) is -0.337. The molecule has 0 rings (SSSR count). The van der Waals surface area contributed by atoms with Crippen molar-refractivity contribution in [3.63, 3.8) is 0 Å². The van der Waals surface area contributed by atoms with E-state index in [4.69, 9.17) is 10.8 Å². The number of carbonyl (C=O) groups is 3. The third kappa shape index (κ3) is 6.61. The number of amides is 3. The molecule has 19 heavy (non-hydrogen) atoms. The van der Waals surface area contributed by atoms with Gasteiger partial charge in [-0.05, 0) is 26.7 Å². The number of carbonyl (C=O) groups excluding carboxylic acids is 2. The molecule has 8 nitrogen and oxygen atoms in total. The minimum atomic E-state index is -1.11. The Morgan fingerprint density at radius 3 is 2.37 bits per heavy atom. The van der Waals surface area contributed by atoms with Crippen LogP contribution in [0.1, 0.15) is 26.7 Å². The van der Waals surface area contributed by atoms with Gasteiger partial charge in [-0.2, -0.15) is 0 Å². The smallest absolute Gasteiger partial charge is 0.404 e. The predicted molar refractivity (Wildman–Crippen MR) is 69.5 cm³/mol. The second-order valence-corrected chi connectivity index (χ2v) is 4.67. The molecule has 0 radical (unpaired) electrons. The van der Waals surface area contributed by atoms with Crippen molar-refractivity contribution in [3.05, 3.63) is 0 Å². The van der Waals surface area contributed by atoms with Gasteiger partial charge in [0.25, 0.3) is 0 Å². The maximum atomic E-state index is 11.8. The van der Waals surface area contributed by atoms with E-state index in [2.05, 4.69) is 16.0 Å². The number of nitrogens with one attached hydrogen (secondary N) is 3. The van der Waals surface area contributed by atoms with Crippen molar-refractivity contribution in [2.45, 2.75) is 38.3 Å². The molecule has 8 heteroatoms. The van der Waals surface area contributed by atoms with Crippen LogP contribution in [0.5, 0.6) is 0 Å². The topological polar surface area (TPSA) is 134 Å². The Balaban J connectivity index is 4.13. The van der Waals surface area contributed by atoms with Gasteiger partial charge in [0.2, 0.25) is 11.8 Å². The Labute approximate surface area is 112 Å². The van der Waals surface area contributed by atoms with Crippen LogP contribution in [-0.4, -0.2) is 48.2 Å². The molecule has 0 aromatic carbocycles. The number of carboxylic acid groups (broad SMARTS) is 1. The van der Waals surface area contributed by atoms with E-state index in [1.807, 2.05) is 0 Å². The van der Waals surface area contributed by atoms with Crippen LogP contribution in [-0.2, 0) is 9.59 Å². The summed E-state index contributed by atoms with van der Waals surface area (Å²) in [4.78, 5) is 33.4. The highest BCUT2D eigenvalue weighted by molar-refractivity contribution is 5.92. The summed E-state index contributed by atoms with van der Waals surface area (Å²) in [5.74, 6) is -0.760. The van der Waals surface area contributed by atoms with Gasteiger partial charge >= 0.3 is 6.09 Å². The zero-order chi connectivity index (χ0) is 15.1. The van der Waals surface area contributed by atoms with Gasteiger partial charge in [0.05, 0.1) is 6.04 Å². The summed E-state index contributed by atoms with van der Waals surface area (Å²) in [5, 5.41) is 15.5. The van der Waals surface area contributed by atoms with Gasteiger partial charge in [0, 0.05) is 13.6 Å². The molecule has 3 amide bonds. The molecule has 0 spiro atoms. The van der Waals surface area contributed by atoms with Gasteiger partial charge in [-0.15, -0.1) is 0 Å². The molecule has 1 unspecified atom stereocenters. The second kappa shape index (κ2) is 7.57. The minimum absolute atomic E-state index is 0.231. The van der Waals surface area contributed by atoms with Crippen LogP contribution in [0.25, 0.3) is 0 Å². The zero-order valence-corrected chi connectivity index (χ0v) is 11.4. The van der Waals surface area contributed by atoms with Crippen LogP contribution in [0.15, 0.2) is 0 Å². The normalized spacial score (nSPS) is 12.4. The zero-order valence-electron chi connectivity index (χ0n) is 11.4. The van der Waals surface area contributed by atoms with E-state index in [0.717, 1.165) is 0 Å². The van der Waals surface area contributed by atoms with Crippen molar-refractivity contribution in [1.82, 2.24) is 16.0 Å². The average molecular weight is 274 g/mol. The second-order valence-electron chi connectivity index (χ2n) is 4.67. The molecule has 110 valence electrons. The van der Waals surface area contributed by atoms with E-state index in [1.165, 1.54) is 7.05 Å². The molecule has 6 N–H and O–H groups in total. The molecule has 0 heterocycles. The van der Waals surface area contributed by atoms with Crippen molar-refractivity contribution in [2.24, 2.45) is 5.73 Å². The van der Waals surface area contributed by atoms with Crippen LogP contribution >= 0.6 is 0 Å². The molecule has 0 saturated heterocycles. The highest BCUT2D eigenvalue weighted by atomic mass is 16.4. The third-order valence-electron chi connectivity index (χ3n) is 2.54. The first kappa shape index (κ1) is 17.2. The Bertz CT molecular complexity index is 344. The Morgan fingerprint density at radius 1 is 1.32 bits per heavy atom. The first-order chi connectivity index (χ1) is 8.70. The summed E-state index contributed by atoms with van der Waals surface area (Å²) in [5.41, 5.74) is 4.63. The average Bonchev–Trinajstić information content (AvgIpc) is 2.32. The Morgan fingerprint density at radius 2 is 1.89 bits per heavy atom.